The molecule has 5 heteroatoms. The van der Waals surface area contributed by atoms with Crippen LogP contribution in [0.15, 0.2) is 30.3 Å². The summed E-state index contributed by atoms with van der Waals surface area (Å²) < 4.78 is 10.1. The summed E-state index contributed by atoms with van der Waals surface area (Å²) in [5.41, 5.74) is 1.20. The molecule has 0 fully saturated rings. The number of carbonyl (C=O) groups is 1. The summed E-state index contributed by atoms with van der Waals surface area (Å²) in [6.45, 7) is 6.82. The van der Waals surface area contributed by atoms with Crippen molar-refractivity contribution in [1.29, 1.82) is 0 Å². The summed E-state index contributed by atoms with van der Waals surface area (Å²) in [5.74, 6) is -0.164. The molecule has 0 saturated carbocycles. The minimum Gasteiger partial charge on any atom is -0.469 e. The van der Waals surface area contributed by atoms with Crippen molar-refractivity contribution in [2.75, 3.05) is 58.5 Å². The van der Waals surface area contributed by atoms with Gasteiger partial charge in [-0.05, 0) is 26.1 Å². The second kappa shape index (κ2) is 11.0. The van der Waals surface area contributed by atoms with E-state index in [1.807, 2.05) is 32.2 Å². The molecule has 0 radical (unpaired) electrons. The monoisotopic (exact) mass is 308 g/mol. The van der Waals surface area contributed by atoms with E-state index < -0.39 is 0 Å². The van der Waals surface area contributed by atoms with Gasteiger partial charge in [0.1, 0.15) is 0 Å². The number of hydrogen-bond donors (Lipinski definition) is 0. The Hall–Kier alpha value is -1.59. The normalized spacial score (nSPS) is 10.7. The second-order valence-corrected chi connectivity index (χ2v) is 5.15. The van der Waals surface area contributed by atoms with Gasteiger partial charge in [-0.15, -0.1) is 0 Å². The van der Waals surface area contributed by atoms with Crippen LogP contribution in [-0.2, 0) is 14.3 Å². The molecule has 0 bridgehead atoms. The molecule has 0 aliphatic carbocycles. The molecule has 0 aliphatic heterocycles. The topological polar surface area (TPSA) is 42.0 Å². The van der Waals surface area contributed by atoms with Gasteiger partial charge in [-0.2, -0.15) is 0 Å². The number of anilines is 1. The van der Waals surface area contributed by atoms with Crippen LogP contribution in [-0.4, -0.2) is 64.4 Å². The van der Waals surface area contributed by atoms with Gasteiger partial charge in [0.2, 0.25) is 0 Å². The molecule has 22 heavy (non-hydrogen) atoms. The van der Waals surface area contributed by atoms with Crippen LogP contribution in [0.2, 0.25) is 0 Å². The van der Waals surface area contributed by atoms with Gasteiger partial charge in [-0.3, -0.25) is 4.79 Å². The maximum Gasteiger partial charge on any atom is 0.306 e. The number of methoxy groups -OCH3 is 1. The zero-order valence-electron chi connectivity index (χ0n) is 14.0. The Kier molecular flexibility index (Phi) is 9.26. The van der Waals surface area contributed by atoms with E-state index in [9.17, 15) is 4.79 Å². The zero-order valence-corrected chi connectivity index (χ0v) is 14.0. The van der Waals surface area contributed by atoms with Gasteiger partial charge in [0, 0.05) is 38.5 Å². The fraction of sp³-hybridized carbons (Fsp3) is 0.588. The molecular formula is C17H28N2O3. The number of ether oxygens (including phenoxy) is 2. The third kappa shape index (κ3) is 7.43. The molecule has 5 nitrogen and oxygen atoms in total. The minimum absolute atomic E-state index is 0.164. The molecule has 0 heterocycles. The van der Waals surface area contributed by atoms with Gasteiger partial charge < -0.3 is 19.3 Å². The number of rotatable bonds is 11. The lowest BCUT2D eigenvalue weighted by molar-refractivity contribution is -0.140. The molecule has 1 rings (SSSR count). The average molecular weight is 308 g/mol. The quantitative estimate of drug-likeness (QED) is 0.462. The molecule has 1 aromatic rings. The van der Waals surface area contributed by atoms with Gasteiger partial charge in [-0.1, -0.05) is 18.2 Å². The zero-order chi connectivity index (χ0) is 16.2. The van der Waals surface area contributed by atoms with E-state index in [-0.39, 0.29) is 5.97 Å². The van der Waals surface area contributed by atoms with Crippen LogP contribution in [0, 0.1) is 0 Å². The highest BCUT2D eigenvalue weighted by Gasteiger charge is 2.09. The Balaban J connectivity index is 2.45. The van der Waals surface area contributed by atoms with E-state index in [4.69, 9.17) is 4.74 Å². The Morgan fingerprint density at radius 1 is 1.09 bits per heavy atom. The standard InChI is InChI=1S/C17H28N2O3/c1-4-22-15-14-19(16-8-6-5-7-9-16)13-12-18(2)11-10-17(20)21-3/h5-9H,4,10-15H2,1-3H3. The van der Waals surface area contributed by atoms with Gasteiger partial charge >= 0.3 is 5.97 Å². The van der Waals surface area contributed by atoms with Crippen LogP contribution in [0.1, 0.15) is 13.3 Å². The number of para-hydroxylation sites is 1. The largest absolute Gasteiger partial charge is 0.469 e. The van der Waals surface area contributed by atoms with E-state index in [1.54, 1.807) is 0 Å². The number of hydrogen-bond acceptors (Lipinski definition) is 5. The predicted octanol–water partition coefficient (Wildman–Crippen LogP) is 2.02. The number of benzene rings is 1. The highest BCUT2D eigenvalue weighted by molar-refractivity contribution is 5.69. The van der Waals surface area contributed by atoms with Crippen LogP contribution in [0.25, 0.3) is 0 Å². The van der Waals surface area contributed by atoms with Crippen LogP contribution < -0.4 is 4.90 Å². The number of esters is 1. The molecule has 0 atom stereocenters. The van der Waals surface area contributed by atoms with E-state index in [2.05, 4.69) is 26.7 Å². The van der Waals surface area contributed by atoms with Crippen molar-refractivity contribution in [1.82, 2.24) is 4.90 Å². The van der Waals surface area contributed by atoms with E-state index in [0.717, 1.165) is 32.8 Å². The molecule has 124 valence electrons. The summed E-state index contributed by atoms with van der Waals surface area (Å²) in [4.78, 5) is 15.6. The molecule has 1 aromatic carbocycles. The van der Waals surface area contributed by atoms with Crippen molar-refractivity contribution in [3.63, 3.8) is 0 Å². The Labute approximate surface area is 133 Å². The lowest BCUT2D eigenvalue weighted by atomic mass is 10.3. The first-order valence-electron chi connectivity index (χ1n) is 7.80. The fourth-order valence-electron chi connectivity index (χ4n) is 2.12. The molecule has 0 spiro atoms. The Bertz CT molecular complexity index is 412. The molecule has 0 aliphatic rings. The lowest BCUT2D eigenvalue weighted by Gasteiger charge is -2.27. The Morgan fingerprint density at radius 3 is 2.45 bits per heavy atom. The van der Waals surface area contributed by atoms with Gasteiger partial charge in [0.05, 0.1) is 20.1 Å². The van der Waals surface area contributed by atoms with Crippen molar-refractivity contribution < 1.29 is 14.3 Å². The highest BCUT2D eigenvalue weighted by Crippen LogP contribution is 2.12. The maximum absolute atomic E-state index is 11.2. The first kappa shape index (κ1) is 18.5. The minimum atomic E-state index is -0.164. The maximum atomic E-state index is 11.2. The van der Waals surface area contributed by atoms with Crippen molar-refractivity contribution in [2.24, 2.45) is 0 Å². The second-order valence-electron chi connectivity index (χ2n) is 5.15. The smallest absolute Gasteiger partial charge is 0.306 e. The molecule has 0 unspecified atom stereocenters. The van der Waals surface area contributed by atoms with Crippen molar-refractivity contribution >= 4 is 11.7 Å². The molecule has 0 amide bonds. The predicted molar refractivity (Wildman–Crippen MR) is 89.3 cm³/mol. The molecule has 0 saturated heterocycles. The van der Waals surface area contributed by atoms with Gasteiger partial charge in [0.15, 0.2) is 0 Å². The van der Waals surface area contributed by atoms with Crippen molar-refractivity contribution in [2.45, 2.75) is 13.3 Å². The third-order valence-corrected chi connectivity index (χ3v) is 3.51. The van der Waals surface area contributed by atoms with Crippen LogP contribution in [0.4, 0.5) is 5.69 Å². The summed E-state index contributed by atoms with van der Waals surface area (Å²) in [6, 6.07) is 10.3. The van der Waals surface area contributed by atoms with Crippen LogP contribution in [0.5, 0.6) is 0 Å². The van der Waals surface area contributed by atoms with E-state index >= 15 is 0 Å². The first-order chi connectivity index (χ1) is 10.7. The molecular weight excluding hydrogens is 280 g/mol. The van der Waals surface area contributed by atoms with Crippen molar-refractivity contribution in [3.05, 3.63) is 30.3 Å². The number of carbonyl (C=O) groups excluding carboxylic acids is 1. The first-order valence-corrected chi connectivity index (χ1v) is 7.80. The van der Waals surface area contributed by atoms with Crippen LogP contribution in [0.3, 0.4) is 0 Å². The lowest BCUT2D eigenvalue weighted by Crippen LogP contribution is -2.36. The number of likely N-dealkylation sites (N-methyl/N-ethyl adjacent to an activating group) is 1. The summed E-state index contributed by atoms with van der Waals surface area (Å²) in [7, 11) is 3.45. The third-order valence-electron chi connectivity index (χ3n) is 3.51. The Morgan fingerprint density at radius 2 is 1.82 bits per heavy atom. The summed E-state index contributed by atoms with van der Waals surface area (Å²) in [6.07, 6.45) is 0.428. The van der Waals surface area contributed by atoms with Gasteiger partial charge in [0.25, 0.3) is 0 Å². The van der Waals surface area contributed by atoms with E-state index in [0.29, 0.717) is 13.0 Å². The average Bonchev–Trinajstić information content (AvgIpc) is 2.56. The highest BCUT2D eigenvalue weighted by atomic mass is 16.5. The van der Waals surface area contributed by atoms with Crippen LogP contribution >= 0.6 is 0 Å². The van der Waals surface area contributed by atoms with E-state index in [1.165, 1.54) is 12.8 Å². The number of nitrogens with zero attached hydrogens (tertiary/aromatic N) is 2. The van der Waals surface area contributed by atoms with Crippen molar-refractivity contribution in [3.8, 4) is 0 Å². The molecule has 0 N–H and O–H groups in total. The summed E-state index contributed by atoms with van der Waals surface area (Å²) in [5, 5.41) is 0. The molecule has 0 aromatic heterocycles. The SMILES string of the molecule is CCOCCN(CCN(C)CCC(=O)OC)c1ccccc1. The summed E-state index contributed by atoms with van der Waals surface area (Å²) >= 11 is 0. The fourth-order valence-corrected chi connectivity index (χ4v) is 2.12. The van der Waals surface area contributed by atoms with Gasteiger partial charge in [-0.25, -0.2) is 0 Å².